The molecule has 9 heteroatoms. The first-order valence-electron chi connectivity index (χ1n) is 10.5. The van der Waals surface area contributed by atoms with Gasteiger partial charge in [0.15, 0.2) is 5.76 Å². The number of thioether (sulfide) groups is 1. The van der Waals surface area contributed by atoms with Crippen molar-refractivity contribution in [1.82, 2.24) is 20.0 Å². The molecule has 1 fully saturated rings. The molecule has 0 N–H and O–H groups in total. The summed E-state index contributed by atoms with van der Waals surface area (Å²) in [5.74, 6) is 1.37. The maximum atomic E-state index is 12.7. The Balaban J connectivity index is 1.29. The van der Waals surface area contributed by atoms with Crippen molar-refractivity contribution in [1.29, 1.82) is 0 Å². The van der Waals surface area contributed by atoms with Crippen LogP contribution < -0.4 is 0 Å². The number of ether oxygens (including phenoxy) is 1. The molecule has 1 aliphatic heterocycles. The van der Waals surface area contributed by atoms with E-state index in [2.05, 4.69) is 10.2 Å². The van der Waals surface area contributed by atoms with Gasteiger partial charge in [0.25, 0.3) is 5.91 Å². The van der Waals surface area contributed by atoms with Gasteiger partial charge < -0.3 is 19.0 Å². The Morgan fingerprint density at radius 3 is 2.41 bits per heavy atom. The average Bonchev–Trinajstić information content (AvgIpc) is 3.32. The van der Waals surface area contributed by atoms with Crippen LogP contribution in [0, 0.1) is 0 Å². The van der Waals surface area contributed by atoms with Gasteiger partial charge in [0.1, 0.15) is 10.8 Å². The molecule has 0 radical (unpaired) electrons. The summed E-state index contributed by atoms with van der Waals surface area (Å²) in [6.45, 7) is 3.92. The Hall–Kier alpha value is -3.33. The molecule has 0 saturated carbocycles. The minimum atomic E-state index is -0.336. The number of aromatic nitrogens is 2. The summed E-state index contributed by atoms with van der Waals surface area (Å²) < 4.78 is 10.8. The van der Waals surface area contributed by atoms with Gasteiger partial charge >= 0.3 is 6.09 Å². The summed E-state index contributed by atoms with van der Waals surface area (Å²) in [6, 6.07) is 17.3. The van der Waals surface area contributed by atoms with Crippen LogP contribution in [0.3, 0.4) is 0 Å². The molecule has 0 bridgehead atoms. The molecule has 2 aromatic heterocycles. The van der Waals surface area contributed by atoms with Gasteiger partial charge in [0.2, 0.25) is 0 Å². The first-order chi connectivity index (χ1) is 15.6. The molecule has 3 aromatic rings. The molecule has 32 heavy (non-hydrogen) atoms. The number of hydrogen-bond acceptors (Lipinski definition) is 7. The normalized spacial score (nSPS) is 13.8. The average molecular weight is 453 g/mol. The lowest BCUT2D eigenvalue weighted by molar-refractivity contribution is 0.0545. The highest BCUT2D eigenvalue weighted by Crippen LogP contribution is 2.24. The third kappa shape index (κ3) is 5.28. The van der Waals surface area contributed by atoms with Crippen molar-refractivity contribution < 1.29 is 18.7 Å². The van der Waals surface area contributed by atoms with Gasteiger partial charge in [0, 0.05) is 31.7 Å². The van der Waals surface area contributed by atoms with E-state index in [1.54, 1.807) is 28.9 Å². The van der Waals surface area contributed by atoms with Gasteiger partial charge in [-0.05, 0) is 31.2 Å². The standard InChI is InChI=1S/C23H24N4O4S/c1-2-30-23(29)27-14-12-26(13-15-27)22(28)20-10-8-18(31-20)16-32-21-11-9-19(24-25-21)17-6-4-3-5-7-17/h3-11H,2,12-16H2,1H3. The number of carbonyl (C=O) groups is 2. The molecule has 1 aromatic carbocycles. The van der Waals surface area contributed by atoms with Gasteiger partial charge in [-0.25, -0.2) is 4.79 Å². The SMILES string of the molecule is CCOC(=O)N1CCN(C(=O)c2ccc(CSc3ccc(-c4ccccc4)nn3)o2)CC1. The Morgan fingerprint density at radius 2 is 1.72 bits per heavy atom. The van der Waals surface area contributed by atoms with Crippen LogP contribution >= 0.6 is 11.8 Å². The van der Waals surface area contributed by atoms with E-state index in [1.165, 1.54) is 11.8 Å². The lowest BCUT2D eigenvalue weighted by Gasteiger charge is -2.33. The van der Waals surface area contributed by atoms with Gasteiger partial charge in [-0.2, -0.15) is 0 Å². The summed E-state index contributed by atoms with van der Waals surface area (Å²) >= 11 is 1.50. The fourth-order valence-electron chi connectivity index (χ4n) is 3.34. The van der Waals surface area contributed by atoms with Crippen LogP contribution in [0.4, 0.5) is 4.79 Å². The van der Waals surface area contributed by atoms with Crippen molar-refractivity contribution in [2.45, 2.75) is 17.7 Å². The van der Waals surface area contributed by atoms with Gasteiger partial charge in [-0.15, -0.1) is 10.2 Å². The number of carbonyl (C=O) groups excluding carboxylic acids is 2. The Labute approximate surface area is 190 Å². The lowest BCUT2D eigenvalue weighted by Crippen LogP contribution is -2.50. The lowest BCUT2D eigenvalue weighted by atomic mass is 10.1. The molecule has 3 heterocycles. The number of benzene rings is 1. The number of furan rings is 1. The minimum absolute atomic E-state index is 0.170. The monoisotopic (exact) mass is 452 g/mol. The fourth-order valence-corrected chi connectivity index (χ4v) is 4.05. The molecule has 0 atom stereocenters. The number of piperazine rings is 1. The van der Waals surface area contributed by atoms with E-state index in [-0.39, 0.29) is 12.0 Å². The van der Waals surface area contributed by atoms with E-state index < -0.39 is 0 Å². The first kappa shape index (κ1) is 21.9. The van der Waals surface area contributed by atoms with Gasteiger partial charge in [-0.3, -0.25) is 4.79 Å². The molecule has 0 unspecified atom stereocenters. The summed E-state index contributed by atoms with van der Waals surface area (Å²) in [7, 11) is 0. The van der Waals surface area contributed by atoms with Crippen molar-refractivity contribution in [2.24, 2.45) is 0 Å². The van der Waals surface area contributed by atoms with Crippen LogP contribution in [0.1, 0.15) is 23.2 Å². The van der Waals surface area contributed by atoms with E-state index in [0.717, 1.165) is 16.3 Å². The molecule has 0 aliphatic carbocycles. The Morgan fingerprint density at radius 1 is 0.969 bits per heavy atom. The maximum absolute atomic E-state index is 12.7. The smallest absolute Gasteiger partial charge is 0.409 e. The molecular weight excluding hydrogens is 428 g/mol. The molecule has 8 nitrogen and oxygen atoms in total. The van der Waals surface area contributed by atoms with Crippen molar-refractivity contribution in [3.63, 3.8) is 0 Å². The predicted octanol–water partition coefficient (Wildman–Crippen LogP) is 3.94. The predicted molar refractivity (Wildman–Crippen MR) is 120 cm³/mol. The number of hydrogen-bond donors (Lipinski definition) is 0. The second-order valence-electron chi connectivity index (χ2n) is 7.16. The minimum Gasteiger partial charge on any atom is -0.455 e. The van der Waals surface area contributed by atoms with Crippen molar-refractivity contribution in [3.8, 4) is 11.3 Å². The van der Waals surface area contributed by atoms with Crippen LogP contribution in [0.25, 0.3) is 11.3 Å². The van der Waals surface area contributed by atoms with E-state index in [4.69, 9.17) is 9.15 Å². The Bertz CT molecular complexity index is 1050. The summed E-state index contributed by atoms with van der Waals surface area (Å²) in [4.78, 5) is 27.8. The largest absolute Gasteiger partial charge is 0.455 e. The zero-order chi connectivity index (χ0) is 22.3. The second kappa shape index (κ2) is 10.3. The number of nitrogens with zero attached hydrogens (tertiary/aromatic N) is 4. The fraction of sp³-hybridized carbons (Fsp3) is 0.304. The highest BCUT2D eigenvalue weighted by Gasteiger charge is 2.27. The summed E-state index contributed by atoms with van der Waals surface area (Å²) in [5.41, 5.74) is 1.85. The van der Waals surface area contributed by atoms with E-state index >= 15 is 0 Å². The molecule has 1 saturated heterocycles. The number of rotatable bonds is 6. The highest BCUT2D eigenvalue weighted by atomic mass is 32.2. The van der Waals surface area contributed by atoms with Crippen LogP contribution in [-0.2, 0) is 10.5 Å². The Kier molecular flexibility index (Phi) is 7.06. The zero-order valence-corrected chi connectivity index (χ0v) is 18.6. The van der Waals surface area contributed by atoms with Gasteiger partial charge in [-0.1, -0.05) is 42.1 Å². The number of amides is 2. The topological polar surface area (TPSA) is 88.8 Å². The molecular formula is C23H24N4O4S. The van der Waals surface area contributed by atoms with Crippen LogP contribution in [0.5, 0.6) is 0 Å². The van der Waals surface area contributed by atoms with E-state index in [1.807, 2.05) is 42.5 Å². The van der Waals surface area contributed by atoms with E-state index in [0.29, 0.717) is 50.1 Å². The molecule has 0 spiro atoms. The van der Waals surface area contributed by atoms with Gasteiger partial charge in [0.05, 0.1) is 18.1 Å². The third-order valence-electron chi connectivity index (χ3n) is 5.04. The molecule has 4 rings (SSSR count). The van der Waals surface area contributed by atoms with Crippen LogP contribution in [0.15, 0.2) is 64.0 Å². The van der Waals surface area contributed by atoms with Crippen molar-refractivity contribution in [3.05, 3.63) is 66.1 Å². The quantitative estimate of drug-likeness (QED) is 0.523. The zero-order valence-electron chi connectivity index (χ0n) is 17.8. The van der Waals surface area contributed by atoms with Crippen LogP contribution in [0.2, 0.25) is 0 Å². The first-order valence-corrected chi connectivity index (χ1v) is 11.4. The molecule has 1 aliphatic rings. The van der Waals surface area contributed by atoms with Crippen molar-refractivity contribution in [2.75, 3.05) is 32.8 Å². The van der Waals surface area contributed by atoms with E-state index in [9.17, 15) is 9.59 Å². The summed E-state index contributed by atoms with van der Waals surface area (Å²) in [5, 5.41) is 9.34. The molecule has 2 amide bonds. The maximum Gasteiger partial charge on any atom is 0.409 e. The van der Waals surface area contributed by atoms with Crippen LogP contribution in [-0.4, -0.2) is 64.8 Å². The molecule has 166 valence electrons. The third-order valence-corrected chi connectivity index (χ3v) is 5.98. The summed E-state index contributed by atoms with van der Waals surface area (Å²) in [6.07, 6.45) is -0.336. The van der Waals surface area contributed by atoms with Crippen molar-refractivity contribution >= 4 is 23.8 Å². The highest BCUT2D eigenvalue weighted by molar-refractivity contribution is 7.98. The second-order valence-corrected chi connectivity index (χ2v) is 8.15.